The number of hydrogen-bond donors (Lipinski definition) is 2. The van der Waals surface area contributed by atoms with Crippen LogP contribution in [-0.4, -0.2) is 42.4 Å². The van der Waals surface area contributed by atoms with Crippen LogP contribution in [0.1, 0.15) is 27.2 Å². The third-order valence-electron chi connectivity index (χ3n) is 2.88. The molecule has 0 radical (unpaired) electrons. The molecule has 0 aromatic rings. The van der Waals surface area contributed by atoms with Crippen LogP contribution < -0.4 is 11.3 Å². The summed E-state index contributed by atoms with van der Waals surface area (Å²) in [5.41, 5.74) is 1.78. The molecule has 0 heterocycles. The van der Waals surface area contributed by atoms with Crippen molar-refractivity contribution < 1.29 is 4.79 Å². The molecule has 0 saturated carbocycles. The molecule has 0 aromatic heterocycles. The Morgan fingerprint density at radius 1 is 1.56 bits per heavy atom. The number of nitrogens with two attached hydrogens (primary N) is 1. The minimum atomic E-state index is -0.447. The van der Waals surface area contributed by atoms with Crippen LogP contribution in [0.25, 0.3) is 0 Å². The molecule has 0 fully saturated rings. The van der Waals surface area contributed by atoms with Crippen LogP contribution in [0.3, 0.4) is 0 Å². The van der Waals surface area contributed by atoms with Crippen LogP contribution in [0.15, 0.2) is 0 Å². The van der Waals surface area contributed by atoms with E-state index >= 15 is 0 Å². The Hall–Kier alpha value is -0.260. The lowest BCUT2D eigenvalue weighted by atomic mass is 9.91. The summed E-state index contributed by atoms with van der Waals surface area (Å²) < 4.78 is 0. The zero-order valence-corrected chi connectivity index (χ0v) is 11.9. The minimum Gasteiger partial charge on any atom is -0.303 e. The summed E-state index contributed by atoms with van der Waals surface area (Å²) in [6, 6.07) is 0.484. The second-order valence-electron chi connectivity index (χ2n) is 4.90. The van der Waals surface area contributed by atoms with Gasteiger partial charge in [0.1, 0.15) is 0 Å². The number of nitrogens with zero attached hydrogens (tertiary/aromatic N) is 1. The molecule has 0 bridgehead atoms. The minimum absolute atomic E-state index is 0.114. The maximum atomic E-state index is 11.5. The van der Waals surface area contributed by atoms with Crippen molar-refractivity contribution in [3.05, 3.63) is 0 Å². The zero-order valence-electron chi connectivity index (χ0n) is 11.0. The van der Waals surface area contributed by atoms with Crippen molar-refractivity contribution in [1.82, 2.24) is 10.3 Å². The fourth-order valence-corrected chi connectivity index (χ4v) is 2.13. The third-order valence-corrected chi connectivity index (χ3v) is 3.53. The molecule has 3 N–H and O–H groups in total. The average molecular weight is 247 g/mol. The van der Waals surface area contributed by atoms with Gasteiger partial charge in [0.15, 0.2) is 0 Å². The summed E-state index contributed by atoms with van der Waals surface area (Å²) in [6.45, 7) is 6.72. The van der Waals surface area contributed by atoms with E-state index in [0.717, 1.165) is 12.2 Å². The van der Waals surface area contributed by atoms with Crippen molar-refractivity contribution in [2.24, 2.45) is 11.3 Å². The van der Waals surface area contributed by atoms with Crippen molar-refractivity contribution in [1.29, 1.82) is 0 Å². The molecule has 0 spiro atoms. The highest BCUT2D eigenvalue weighted by atomic mass is 32.2. The van der Waals surface area contributed by atoms with Crippen molar-refractivity contribution in [3.63, 3.8) is 0 Å². The zero-order chi connectivity index (χ0) is 12.8. The summed E-state index contributed by atoms with van der Waals surface area (Å²) in [5.74, 6) is 6.20. The summed E-state index contributed by atoms with van der Waals surface area (Å²) in [5, 5.41) is 0. The van der Waals surface area contributed by atoms with E-state index in [1.54, 1.807) is 0 Å². The molecule has 16 heavy (non-hydrogen) atoms. The third kappa shape index (κ3) is 5.18. The van der Waals surface area contributed by atoms with Gasteiger partial charge < -0.3 is 4.90 Å². The van der Waals surface area contributed by atoms with Crippen molar-refractivity contribution in [2.75, 3.05) is 25.6 Å². The van der Waals surface area contributed by atoms with E-state index in [1.165, 1.54) is 0 Å². The molecular formula is C11H25N3OS. The Bertz CT molecular complexity index is 221. The van der Waals surface area contributed by atoms with E-state index in [9.17, 15) is 4.79 Å². The van der Waals surface area contributed by atoms with Crippen molar-refractivity contribution >= 4 is 17.7 Å². The van der Waals surface area contributed by atoms with Gasteiger partial charge in [0.25, 0.3) is 0 Å². The van der Waals surface area contributed by atoms with Gasteiger partial charge >= 0.3 is 0 Å². The first kappa shape index (κ1) is 15.7. The number of rotatable bonds is 7. The largest absolute Gasteiger partial charge is 0.303 e. The van der Waals surface area contributed by atoms with E-state index in [-0.39, 0.29) is 5.91 Å². The number of hydrogen-bond acceptors (Lipinski definition) is 4. The average Bonchev–Trinajstić information content (AvgIpc) is 2.23. The Kier molecular flexibility index (Phi) is 7.03. The summed E-state index contributed by atoms with van der Waals surface area (Å²) in [4.78, 5) is 13.8. The molecule has 0 aromatic carbocycles. The molecule has 1 unspecified atom stereocenters. The lowest BCUT2D eigenvalue weighted by Gasteiger charge is -2.32. The number of carbonyl (C=O) groups is 1. The van der Waals surface area contributed by atoms with Crippen molar-refractivity contribution in [2.45, 2.75) is 33.2 Å². The predicted octanol–water partition coefficient (Wildman–Crippen LogP) is 1.08. The molecule has 0 aliphatic rings. The summed E-state index contributed by atoms with van der Waals surface area (Å²) in [6.07, 6.45) is 3.25. The Morgan fingerprint density at radius 3 is 2.56 bits per heavy atom. The second-order valence-corrected chi connectivity index (χ2v) is 5.89. The number of amides is 1. The molecule has 1 amide bonds. The molecule has 1 atom stereocenters. The highest BCUT2D eigenvalue weighted by Crippen LogP contribution is 2.18. The highest BCUT2D eigenvalue weighted by Gasteiger charge is 2.29. The van der Waals surface area contributed by atoms with E-state index in [1.807, 2.05) is 25.6 Å². The first-order valence-corrected chi connectivity index (χ1v) is 6.94. The standard InChI is InChI=1S/C11H25N3OS/c1-9(6-7-16-5)14(4)8-11(2,3)10(15)13-12/h9H,6-8,12H2,1-5H3,(H,13,15). The van der Waals surface area contributed by atoms with Gasteiger partial charge in [-0.2, -0.15) is 11.8 Å². The lowest BCUT2D eigenvalue weighted by molar-refractivity contribution is -0.130. The first-order valence-electron chi connectivity index (χ1n) is 5.55. The number of carbonyl (C=O) groups excluding carboxylic acids is 1. The van der Waals surface area contributed by atoms with Gasteiger partial charge in [-0.25, -0.2) is 5.84 Å². The Labute approximate surface area is 103 Å². The molecule has 4 nitrogen and oxygen atoms in total. The Morgan fingerprint density at radius 2 is 2.12 bits per heavy atom. The molecule has 0 rings (SSSR count). The smallest absolute Gasteiger partial charge is 0.240 e. The van der Waals surface area contributed by atoms with E-state index in [4.69, 9.17) is 5.84 Å². The summed E-state index contributed by atoms with van der Waals surface area (Å²) in [7, 11) is 2.05. The molecule has 0 aliphatic carbocycles. The fraction of sp³-hybridized carbons (Fsp3) is 0.909. The first-order chi connectivity index (χ1) is 7.35. The van der Waals surface area contributed by atoms with Crippen LogP contribution in [0.2, 0.25) is 0 Å². The number of thioether (sulfide) groups is 1. The second kappa shape index (κ2) is 7.14. The van der Waals surface area contributed by atoms with Gasteiger partial charge in [-0.05, 0) is 46.2 Å². The topological polar surface area (TPSA) is 58.4 Å². The molecular weight excluding hydrogens is 222 g/mol. The van der Waals surface area contributed by atoms with E-state index in [2.05, 4.69) is 30.6 Å². The Balaban J connectivity index is 4.20. The van der Waals surface area contributed by atoms with Crippen LogP contribution in [0.5, 0.6) is 0 Å². The van der Waals surface area contributed by atoms with E-state index < -0.39 is 5.41 Å². The maximum absolute atomic E-state index is 11.5. The van der Waals surface area contributed by atoms with E-state index in [0.29, 0.717) is 12.6 Å². The monoisotopic (exact) mass is 247 g/mol. The van der Waals surface area contributed by atoms with Crippen molar-refractivity contribution in [3.8, 4) is 0 Å². The quantitative estimate of drug-likeness (QED) is 0.401. The van der Waals surface area contributed by atoms with Gasteiger partial charge in [0, 0.05) is 12.6 Å². The number of hydrazine groups is 1. The van der Waals surface area contributed by atoms with Gasteiger partial charge in [-0.3, -0.25) is 10.2 Å². The lowest BCUT2D eigenvalue weighted by Crippen LogP contribution is -2.48. The molecule has 0 aliphatic heterocycles. The summed E-state index contributed by atoms with van der Waals surface area (Å²) >= 11 is 1.85. The van der Waals surface area contributed by atoms with Crippen LogP contribution in [0, 0.1) is 5.41 Å². The molecule has 0 saturated heterocycles. The van der Waals surface area contributed by atoms with Crippen LogP contribution in [-0.2, 0) is 4.79 Å². The normalized spacial score (nSPS) is 13.9. The fourth-order valence-electron chi connectivity index (χ4n) is 1.56. The molecule has 96 valence electrons. The highest BCUT2D eigenvalue weighted by molar-refractivity contribution is 7.98. The molecule has 5 heteroatoms. The van der Waals surface area contributed by atoms with Crippen LogP contribution in [0.4, 0.5) is 0 Å². The number of nitrogens with one attached hydrogen (secondary N) is 1. The maximum Gasteiger partial charge on any atom is 0.240 e. The van der Waals surface area contributed by atoms with Gasteiger partial charge in [0.2, 0.25) is 5.91 Å². The van der Waals surface area contributed by atoms with Gasteiger partial charge in [0.05, 0.1) is 5.41 Å². The predicted molar refractivity (Wildman–Crippen MR) is 71.2 cm³/mol. The van der Waals surface area contributed by atoms with Gasteiger partial charge in [-0.15, -0.1) is 0 Å². The van der Waals surface area contributed by atoms with Gasteiger partial charge in [-0.1, -0.05) is 0 Å². The SMILES string of the molecule is CSCCC(C)N(C)CC(C)(C)C(=O)NN. The van der Waals surface area contributed by atoms with Crippen LogP contribution >= 0.6 is 11.8 Å².